The first-order valence-corrected chi connectivity index (χ1v) is 5.22. The van der Waals surface area contributed by atoms with Crippen molar-refractivity contribution in [1.82, 2.24) is 14.7 Å². The summed E-state index contributed by atoms with van der Waals surface area (Å²) in [5.74, 6) is 0. The highest BCUT2D eigenvalue weighted by atomic mass is 127. The molecule has 0 aromatic carbocycles. The van der Waals surface area contributed by atoms with E-state index in [2.05, 4.69) is 50.5 Å². The van der Waals surface area contributed by atoms with E-state index in [1.807, 2.05) is 6.20 Å². The van der Waals surface area contributed by atoms with Crippen molar-refractivity contribution in [3.05, 3.63) is 16.0 Å². The van der Waals surface area contributed by atoms with Gasteiger partial charge in [0.25, 0.3) is 0 Å². The number of nitrogens with zero attached hydrogens (tertiary/aromatic N) is 3. The van der Waals surface area contributed by atoms with Crippen LogP contribution in [-0.4, -0.2) is 34.8 Å². The summed E-state index contributed by atoms with van der Waals surface area (Å²) >= 11 is 2.30. The van der Waals surface area contributed by atoms with E-state index in [0.29, 0.717) is 6.04 Å². The van der Waals surface area contributed by atoms with Gasteiger partial charge in [-0.1, -0.05) is 0 Å². The van der Waals surface area contributed by atoms with E-state index in [9.17, 15) is 0 Å². The van der Waals surface area contributed by atoms with Crippen LogP contribution in [0.4, 0.5) is 0 Å². The maximum absolute atomic E-state index is 4.31. The van der Waals surface area contributed by atoms with Crippen molar-refractivity contribution >= 4 is 22.6 Å². The molecule has 0 bridgehead atoms. The molecule has 0 aliphatic carbocycles. The van der Waals surface area contributed by atoms with Crippen LogP contribution in [0.25, 0.3) is 0 Å². The molecular weight excluding hydrogens is 265 g/mol. The maximum Gasteiger partial charge on any atom is 0.0658 e. The van der Waals surface area contributed by atoms with E-state index < -0.39 is 0 Å². The van der Waals surface area contributed by atoms with E-state index in [-0.39, 0.29) is 0 Å². The minimum Gasteiger partial charge on any atom is -0.304 e. The lowest BCUT2D eigenvalue weighted by Gasteiger charge is -2.10. The standard InChI is InChI=1S/C8H12IN3/c1-11-3-2-8(6-11)12-5-7(9)4-10-12/h4-5,8H,2-3,6H2,1H3. The first kappa shape index (κ1) is 8.50. The van der Waals surface area contributed by atoms with E-state index in [1.54, 1.807) is 0 Å². The molecule has 4 heteroatoms. The van der Waals surface area contributed by atoms with Gasteiger partial charge in [-0.15, -0.1) is 0 Å². The molecule has 1 fully saturated rings. The molecule has 1 atom stereocenters. The van der Waals surface area contributed by atoms with Crippen molar-refractivity contribution in [3.8, 4) is 0 Å². The minimum absolute atomic E-state index is 0.596. The molecule has 2 heterocycles. The molecule has 0 spiro atoms. The summed E-state index contributed by atoms with van der Waals surface area (Å²) in [4.78, 5) is 2.35. The van der Waals surface area contributed by atoms with Gasteiger partial charge in [-0.05, 0) is 42.6 Å². The van der Waals surface area contributed by atoms with Crippen LogP contribution >= 0.6 is 22.6 Å². The van der Waals surface area contributed by atoms with Crippen molar-refractivity contribution in [2.45, 2.75) is 12.5 Å². The third kappa shape index (κ3) is 1.64. The van der Waals surface area contributed by atoms with Gasteiger partial charge in [-0.2, -0.15) is 5.10 Å². The second kappa shape index (κ2) is 3.33. The lowest BCUT2D eigenvalue weighted by Crippen LogP contribution is -2.16. The Hall–Kier alpha value is -0.100. The Morgan fingerprint density at radius 3 is 3.00 bits per heavy atom. The van der Waals surface area contributed by atoms with Crippen LogP contribution in [0.3, 0.4) is 0 Å². The summed E-state index contributed by atoms with van der Waals surface area (Å²) in [5.41, 5.74) is 0. The summed E-state index contributed by atoms with van der Waals surface area (Å²) < 4.78 is 3.31. The minimum atomic E-state index is 0.596. The summed E-state index contributed by atoms with van der Waals surface area (Å²) in [6.45, 7) is 2.33. The molecule has 0 amide bonds. The molecule has 66 valence electrons. The predicted octanol–water partition coefficient (Wildman–Crippen LogP) is 1.36. The van der Waals surface area contributed by atoms with Crippen molar-refractivity contribution in [1.29, 1.82) is 0 Å². The van der Waals surface area contributed by atoms with Crippen molar-refractivity contribution < 1.29 is 0 Å². The molecule has 1 aromatic heterocycles. The SMILES string of the molecule is CN1CCC(n2cc(I)cn2)C1. The molecule has 2 rings (SSSR count). The smallest absolute Gasteiger partial charge is 0.0658 e. The molecular formula is C8H12IN3. The van der Waals surface area contributed by atoms with Crippen LogP contribution in [-0.2, 0) is 0 Å². The molecule has 12 heavy (non-hydrogen) atoms. The first-order chi connectivity index (χ1) is 5.75. The second-order valence-electron chi connectivity index (χ2n) is 3.34. The van der Waals surface area contributed by atoms with Gasteiger partial charge in [0.1, 0.15) is 0 Å². The highest BCUT2D eigenvalue weighted by Gasteiger charge is 2.21. The van der Waals surface area contributed by atoms with Crippen LogP contribution in [0.2, 0.25) is 0 Å². The number of hydrogen-bond acceptors (Lipinski definition) is 2. The van der Waals surface area contributed by atoms with Gasteiger partial charge in [-0.3, -0.25) is 4.68 Å². The van der Waals surface area contributed by atoms with Gasteiger partial charge in [0.2, 0.25) is 0 Å². The molecule has 1 aliphatic heterocycles. The van der Waals surface area contributed by atoms with E-state index in [0.717, 1.165) is 6.54 Å². The fourth-order valence-electron chi connectivity index (χ4n) is 1.64. The first-order valence-electron chi connectivity index (χ1n) is 4.14. The summed E-state index contributed by atoms with van der Waals surface area (Å²) in [6.07, 6.45) is 5.26. The molecule has 1 saturated heterocycles. The number of likely N-dealkylation sites (N-methyl/N-ethyl adjacent to an activating group) is 1. The van der Waals surface area contributed by atoms with E-state index >= 15 is 0 Å². The van der Waals surface area contributed by atoms with Gasteiger partial charge in [0.15, 0.2) is 0 Å². The maximum atomic E-state index is 4.31. The Bertz CT molecular complexity index is 271. The molecule has 1 unspecified atom stereocenters. The van der Waals surface area contributed by atoms with Gasteiger partial charge in [-0.25, -0.2) is 0 Å². The number of hydrogen-bond donors (Lipinski definition) is 0. The van der Waals surface area contributed by atoms with Gasteiger partial charge in [0, 0.05) is 12.7 Å². The topological polar surface area (TPSA) is 21.1 Å². The molecule has 3 nitrogen and oxygen atoms in total. The summed E-state index contributed by atoms with van der Waals surface area (Å²) in [7, 11) is 2.16. The zero-order chi connectivity index (χ0) is 8.55. The zero-order valence-electron chi connectivity index (χ0n) is 7.07. The van der Waals surface area contributed by atoms with Gasteiger partial charge in [0.05, 0.1) is 15.8 Å². The van der Waals surface area contributed by atoms with Crippen molar-refractivity contribution in [2.75, 3.05) is 20.1 Å². The predicted molar refractivity (Wildman–Crippen MR) is 56.1 cm³/mol. The number of halogens is 1. The van der Waals surface area contributed by atoms with E-state index in [4.69, 9.17) is 0 Å². The van der Waals surface area contributed by atoms with Crippen molar-refractivity contribution in [3.63, 3.8) is 0 Å². The van der Waals surface area contributed by atoms with Gasteiger partial charge < -0.3 is 4.90 Å². The van der Waals surface area contributed by atoms with Gasteiger partial charge >= 0.3 is 0 Å². The molecule has 1 aliphatic rings. The number of rotatable bonds is 1. The number of aromatic nitrogens is 2. The van der Waals surface area contributed by atoms with E-state index in [1.165, 1.54) is 16.5 Å². The Balaban J connectivity index is 2.11. The fourth-order valence-corrected chi connectivity index (χ4v) is 2.05. The Kier molecular flexibility index (Phi) is 2.36. The molecule has 1 aromatic rings. The van der Waals surface area contributed by atoms with Crippen LogP contribution in [0.15, 0.2) is 12.4 Å². The normalized spacial score (nSPS) is 25.0. The van der Waals surface area contributed by atoms with Crippen LogP contribution in [0, 0.1) is 3.57 Å². The Labute approximate surface area is 85.9 Å². The highest BCUT2D eigenvalue weighted by Crippen LogP contribution is 2.19. The summed E-state index contributed by atoms with van der Waals surface area (Å²) in [5, 5.41) is 4.31. The zero-order valence-corrected chi connectivity index (χ0v) is 9.23. The molecule has 0 radical (unpaired) electrons. The van der Waals surface area contributed by atoms with Crippen molar-refractivity contribution in [2.24, 2.45) is 0 Å². The molecule has 0 N–H and O–H groups in total. The summed E-state index contributed by atoms with van der Waals surface area (Å²) in [6, 6.07) is 0.596. The monoisotopic (exact) mass is 277 g/mol. The largest absolute Gasteiger partial charge is 0.304 e. The average Bonchev–Trinajstić information content (AvgIpc) is 2.58. The van der Waals surface area contributed by atoms with Crippen LogP contribution < -0.4 is 0 Å². The fraction of sp³-hybridized carbons (Fsp3) is 0.625. The van der Waals surface area contributed by atoms with Crippen LogP contribution in [0.5, 0.6) is 0 Å². The van der Waals surface area contributed by atoms with Crippen LogP contribution in [0.1, 0.15) is 12.5 Å². The second-order valence-corrected chi connectivity index (χ2v) is 4.59. The third-order valence-corrected chi connectivity index (χ3v) is 2.87. The number of likely N-dealkylation sites (tertiary alicyclic amines) is 1. The lowest BCUT2D eigenvalue weighted by molar-refractivity contribution is 0.382. The Morgan fingerprint density at radius 2 is 2.50 bits per heavy atom. The Morgan fingerprint density at radius 1 is 1.67 bits per heavy atom. The highest BCUT2D eigenvalue weighted by molar-refractivity contribution is 14.1. The molecule has 0 saturated carbocycles. The quantitative estimate of drug-likeness (QED) is 0.723. The third-order valence-electron chi connectivity index (χ3n) is 2.31. The average molecular weight is 277 g/mol. The lowest BCUT2D eigenvalue weighted by atomic mass is 10.3.